The molecule has 0 saturated carbocycles. The molecule has 0 atom stereocenters. The molecule has 0 bridgehead atoms. The minimum Gasteiger partial charge on any atom is -0.311 e. The SMILES string of the molecule is CN1C(=O)C(c2ccc(N(c3ccccc3)c3ccccc3)cc2)=C(c2ccc(N(c3ccccc3)c3ccccc3)cc2)C1=O. The van der Waals surface area contributed by atoms with Crippen LogP contribution in [0.4, 0.5) is 34.1 Å². The Kier molecular flexibility index (Phi) is 7.71. The largest absolute Gasteiger partial charge is 0.311 e. The van der Waals surface area contributed by atoms with Crippen LogP contribution in [0, 0.1) is 0 Å². The van der Waals surface area contributed by atoms with E-state index in [9.17, 15) is 9.59 Å². The first kappa shape index (κ1) is 28.6. The highest BCUT2D eigenvalue weighted by atomic mass is 16.2. The number of imide groups is 1. The third-order valence-corrected chi connectivity index (χ3v) is 8.17. The van der Waals surface area contributed by atoms with E-state index in [1.54, 1.807) is 7.05 Å². The number of para-hydroxylation sites is 4. The van der Waals surface area contributed by atoms with Crippen molar-refractivity contribution in [2.24, 2.45) is 0 Å². The van der Waals surface area contributed by atoms with Gasteiger partial charge in [0.2, 0.25) is 0 Å². The molecule has 5 heteroatoms. The van der Waals surface area contributed by atoms with Crippen molar-refractivity contribution in [2.75, 3.05) is 16.8 Å². The molecule has 0 saturated heterocycles. The topological polar surface area (TPSA) is 43.9 Å². The lowest BCUT2D eigenvalue weighted by Gasteiger charge is -2.25. The quantitative estimate of drug-likeness (QED) is 0.164. The Balaban J connectivity index is 1.27. The van der Waals surface area contributed by atoms with Crippen molar-refractivity contribution >= 4 is 57.1 Å². The van der Waals surface area contributed by atoms with Gasteiger partial charge in [0, 0.05) is 41.2 Å². The predicted octanol–water partition coefficient (Wildman–Crippen LogP) is 9.54. The average Bonchev–Trinajstić information content (AvgIpc) is 3.35. The van der Waals surface area contributed by atoms with Gasteiger partial charge in [-0.25, -0.2) is 0 Å². The molecule has 2 amide bonds. The Morgan fingerprint density at radius 3 is 0.848 bits per heavy atom. The zero-order valence-electron chi connectivity index (χ0n) is 25.3. The van der Waals surface area contributed by atoms with Crippen LogP contribution in [-0.4, -0.2) is 23.8 Å². The molecule has 0 radical (unpaired) electrons. The molecule has 0 N–H and O–H groups in total. The van der Waals surface area contributed by atoms with Gasteiger partial charge in [0.05, 0.1) is 11.1 Å². The van der Waals surface area contributed by atoms with E-state index in [2.05, 4.69) is 58.3 Å². The van der Waals surface area contributed by atoms with Gasteiger partial charge < -0.3 is 9.80 Å². The van der Waals surface area contributed by atoms with E-state index < -0.39 is 0 Å². The van der Waals surface area contributed by atoms with Crippen LogP contribution in [0.15, 0.2) is 170 Å². The van der Waals surface area contributed by atoms with Crippen LogP contribution in [0.2, 0.25) is 0 Å². The van der Waals surface area contributed by atoms with Crippen molar-refractivity contribution in [2.45, 2.75) is 0 Å². The second-order valence-corrected chi connectivity index (χ2v) is 11.0. The summed E-state index contributed by atoms with van der Waals surface area (Å²) in [6.07, 6.45) is 0. The molecule has 0 aliphatic carbocycles. The Hall–Kier alpha value is -6.20. The molecule has 0 aromatic heterocycles. The molecule has 46 heavy (non-hydrogen) atoms. The van der Waals surface area contributed by atoms with E-state index in [1.165, 1.54) is 4.90 Å². The fourth-order valence-corrected chi connectivity index (χ4v) is 5.93. The van der Waals surface area contributed by atoms with Crippen LogP contribution in [-0.2, 0) is 9.59 Å². The highest BCUT2D eigenvalue weighted by molar-refractivity contribution is 6.48. The normalized spacial score (nSPS) is 12.8. The summed E-state index contributed by atoms with van der Waals surface area (Å²) in [7, 11) is 1.54. The maximum atomic E-state index is 13.5. The number of amides is 2. The van der Waals surface area contributed by atoms with Crippen molar-refractivity contribution in [3.05, 3.63) is 181 Å². The number of rotatable bonds is 8. The second kappa shape index (κ2) is 12.4. The number of likely N-dealkylation sites (N-methyl/N-ethyl adjacent to an activating group) is 1. The molecule has 5 nitrogen and oxygen atoms in total. The highest BCUT2D eigenvalue weighted by Crippen LogP contribution is 2.40. The third kappa shape index (κ3) is 5.35. The lowest BCUT2D eigenvalue weighted by Crippen LogP contribution is -2.26. The summed E-state index contributed by atoms with van der Waals surface area (Å²) in [6, 6.07) is 56.3. The van der Waals surface area contributed by atoms with E-state index in [4.69, 9.17) is 0 Å². The van der Waals surface area contributed by atoms with Gasteiger partial charge >= 0.3 is 0 Å². The maximum absolute atomic E-state index is 13.5. The van der Waals surface area contributed by atoms with Gasteiger partial charge in [0.1, 0.15) is 0 Å². The number of hydrogen-bond donors (Lipinski definition) is 0. The lowest BCUT2D eigenvalue weighted by molar-refractivity contribution is -0.134. The predicted molar refractivity (Wildman–Crippen MR) is 187 cm³/mol. The third-order valence-electron chi connectivity index (χ3n) is 8.17. The van der Waals surface area contributed by atoms with Crippen molar-refractivity contribution in [3.63, 3.8) is 0 Å². The van der Waals surface area contributed by atoms with Crippen molar-refractivity contribution in [1.82, 2.24) is 4.90 Å². The summed E-state index contributed by atoms with van der Waals surface area (Å²) in [5.41, 5.74) is 8.17. The Morgan fingerprint density at radius 1 is 0.348 bits per heavy atom. The average molecular weight is 598 g/mol. The van der Waals surface area contributed by atoms with Crippen LogP contribution in [0.5, 0.6) is 0 Å². The molecule has 0 fully saturated rings. The summed E-state index contributed by atoms with van der Waals surface area (Å²) in [4.78, 5) is 32.6. The summed E-state index contributed by atoms with van der Waals surface area (Å²) < 4.78 is 0. The monoisotopic (exact) mass is 597 g/mol. The van der Waals surface area contributed by atoms with Gasteiger partial charge in [0.15, 0.2) is 0 Å². The number of nitrogens with zero attached hydrogens (tertiary/aromatic N) is 3. The maximum Gasteiger partial charge on any atom is 0.261 e. The zero-order valence-corrected chi connectivity index (χ0v) is 25.3. The molecular weight excluding hydrogens is 566 g/mol. The van der Waals surface area contributed by atoms with Crippen LogP contribution < -0.4 is 9.80 Å². The van der Waals surface area contributed by atoms with E-state index in [1.807, 2.05) is 121 Å². The molecule has 6 aromatic rings. The minimum atomic E-state index is -0.310. The summed E-state index contributed by atoms with van der Waals surface area (Å²) in [5.74, 6) is -0.620. The van der Waals surface area contributed by atoms with E-state index >= 15 is 0 Å². The van der Waals surface area contributed by atoms with Crippen LogP contribution in [0.1, 0.15) is 11.1 Å². The van der Waals surface area contributed by atoms with Crippen LogP contribution in [0.3, 0.4) is 0 Å². The van der Waals surface area contributed by atoms with Crippen LogP contribution >= 0.6 is 0 Å². The molecule has 0 spiro atoms. The molecule has 1 aliphatic heterocycles. The Labute approximate surface area is 268 Å². The van der Waals surface area contributed by atoms with Crippen molar-refractivity contribution < 1.29 is 9.59 Å². The number of anilines is 6. The number of carbonyl (C=O) groups excluding carboxylic acids is 2. The summed E-state index contributed by atoms with van der Waals surface area (Å²) >= 11 is 0. The lowest BCUT2D eigenvalue weighted by atomic mass is 9.95. The number of benzene rings is 6. The number of carbonyl (C=O) groups is 2. The fourth-order valence-electron chi connectivity index (χ4n) is 5.93. The van der Waals surface area contributed by atoms with Gasteiger partial charge in [-0.05, 0) is 83.9 Å². The van der Waals surface area contributed by atoms with E-state index in [-0.39, 0.29) is 11.8 Å². The summed E-state index contributed by atoms with van der Waals surface area (Å²) in [6.45, 7) is 0. The zero-order chi connectivity index (χ0) is 31.5. The standard InChI is InChI=1S/C41H31N3O2/c1-42-40(45)38(30-22-26-36(27-23-30)43(32-14-6-2-7-15-32)33-16-8-3-9-17-33)39(41(42)46)31-24-28-37(29-25-31)44(34-18-10-4-11-19-34)35-20-12-5-13-21-35/h2-29H,1H3. The molecule has 0 unspecified atom stereocenters. The van der Waals surface area contributed by atoms with Gasteiger partial charge in [-0.1, -0.05) is 97.1 Å². The first-order valence-electron chi connectivity index (χ1n) is 15.2. The van der Waals surface area contributed by atoms with E-state index in [0.717, 1.165) is 34.1 Å². The fraction of sp³-hybridized carbons (Fsp3) is 0.0244. The highest BCUT2D eigenvalue weighted by Gasteiger charge is 2.37. The van der Waals surface area contributed by atoms with Gasteiger partial charge in [-0.3, -0.25) is 14.5 Å². The molecule has 7 rings (SSSR count). The van der Waals surface area contributed by atoms with E-state index in [0.29, 0.717) is 22.3 Å². The molecule has 1 aliphatic rings. The van der Waals surface area contributed by atoms with Gasteiger partial charge in [-0.15, -0.1) is 0 Å². The molecule has 1 heterocycles. The minimum absolute atomic E-state index is 0.310. The summed E-state index contributed by atoms with van der Waals surface area (Å²) in [5, 5.41) is 0. The van der Waals surface area contributed by atoms with Crippen molar-refractivity contribution in [1.29, 1.82) is 0 Å². The van der Waals surface area contributed by atoms with Crippen molar-refractivity contribution in [3.8, 4) is 0 Å². The Morgan fingerprint density at radius 2 is 0.587 bits per heavy atom. The Bertz CT molecular complexity index is 1780. The van der Waals surface area contributed by atoms with Gasteiger partial charge in [-0.2, -0.15) is 0 Å². The first-order chi connectivity index (χ1) is 22.6. The molecular formula is C41H31N3O2. The van der Waals surface area contributed by atoms with Crippen LogP contribution in [0.25, 0.3) is 11.1 Å². The number of hydrogen-bond acceptors (Lipinski definition) is 4. The molecule has 6 aromatic carbocycles. The smallest absolute Gasteiger partial charge is 0.261 e. The first-order valence-corrected chi connectivity index (χ1v) is 15.2. The molecule has 222 valence electrons. The van der Waals surface area contributed by atoms with Gasteiger partial charge in [0.25, 0.3) is 11.8 Å². The second-order valence-electron chi connectivity index (χ2n) is 11.0.